The van der Waals surface area contributed by atoms with Gasteiger partial charge >= 0.3 is 0 Å². The van der Waals surface area contributed by atoms with E-state index in [-0.39, 0.29) is 5.84 Å². The first-order chi connectivity index (χ1) is 5.97. The molecule has 4 heteroatoms. The SMILES string of the molecule is CCN(CC(=N)N)C(C)CN(C)C. The Morgan fingerprint density at radius 1 is 1.46 bits per heavy atom. The van der Waals surface area contributed by atoms with Gasteiger partial charge in [0.15, 0.2) is 0 Å². The fourth-order valence-electron chi connectivity index (χ4n) is 1.44. The molecule has 4 nitrogen and oxygen atoms in total. The van der Waals surface area contributed by atoms with Crippen LogP contribution in [0.4, 0.5) is 0 Å². The van der Waals surface area contributed by atoms with Gasteiger partial charge < -0.3 is 10.6 Å². The summed E-state index contributed by atoms with van der Waals surface area (Å²) in [5, 5.41) is 7.23. The highest BCUT2D eigenvalue weighted by molar-refractivity contribution is 5.78. The highest BCUT2D eigenvalue weighted by Crippen LogP contribution is 1.98. The van der Waals surface area contributed by atoms with Gasteiger partial charge in [0.1, 0.15) is 5.84 Å². The van der Waals surface area contributed by atoms with Crippen molar-refractivity contribution in [2.24, 2.45) is 5.73 Å². The Morgan fingerprint density at radius 2 is 2.00 bits per heavy atom. The number of hydrogen-bond acceptors (Lipinski definition) is 3. The van der Waals surface area contributed by atoms with E-state index in [0.29, 0.717) is 12.6 Å². The molecular weight excluding hydrogens is 164 g/mol. The standard InChI is InChI=1S/C9H22N4/c1-5-13(7-9(10)11)8(2)6-12(3)4/h8H,5-7H2,1-4H3,(H3,10,11). The second-order valence-electron chi connectivity index (χ2n) is 3.70. The molecule has 78 valence electrons. The van der Waals surface area contributed by atoms with Crippen molar-refractivity contribution in [2.45, 2.75) is 19.9 Å². The Balaban J connectivity index is 3.98. The molecule has 0 spiro atoms. The van der Waals surface area contributed by atoms with Crippen LogP contribution in [0.1, 0.15) is 13.8 Å². The fraction of sp³-hybridized carbons (Fsp3) is 0.889. The summed E-state index contributed by atoms with van der Waals surface area (Å²) >= 11 is 0. The molecule has 0 fully saturated rings. The molecule has 1 atom stereocenters. The zero-order valence-electron chi connectivity index (χ0n) is 9.17. The first kappa shape index (κ1) is 12.4. The molecule has 0 aromatic carbocycles. The molecule has 0 aliphatic rings. The fourth-order valence-corrected chi connectivity index (χ4v) is 1.44. The molecule has 0 saturated carbocycles. The number of hydrogen-bond donors (Lipinski definition) is 2. The molecular formula is C9H22N4. The van der Waals surface area contributed by atoms with Crippen LogP contribution in [0.15, 0.2) is 0 Å². The lowest BCUT2D eigenvalue weighted by Gasteiger charge is -2.29. The molecule has 0 radical (unpaired) electrons. The van der Waals surface area contributed by atoms with E-state index in [2.05, 4.69) is 37.7 Å². The number of nitrogens with zero attached hydrogens (tertiary/aromatic N) is 2. The molecule has 0 bridgehead atoms. The monoisotopic (exact) mass is 186 g/mol. The lowest BCUT2D eigenvalue weighted by Crippen LogP contribution is -2.44. The van der Waals surface area contributed by atoms with Gasteiger partial charge in [0, 0.05) is 12.6 Å². The van der Waals surface area contributed by atoms with Crippen LogP contribution in [0.2, 0.25) is 0 Å². The van der Waals surface area contributed by atoms with Crippen LogP contribution in [0.5, 0.6) is 0 Å². The van der Waals surface area contributed by atoms with Crippen LogP contribution >= 0.6 is 0 Å². The molecule has 0 aliphatic carbocycles. The average molecular weight is 186 g/mol. The summed E-state index contributed by atoms with van der Waals surface area (Å²) in [6.07, 6.45) is 0. The summed E-state index contributed by atoms with van der Waals surface area (Å²) < 4.78 is 0. The molecule has 0 aliphatic heterocycles. The number of nitrogens with one attached hydrogen (secondary N) is 1. The van der Waals surface area contributed by atoms with Crippen molar-refractivity contribution in [1.82, 2.24) is 9.80 Å². The van der Waals surface area contributed by atoms with Gasteiger partial charge in [-0.2, -0.15) is 0 Å². The number of rotatable bonds is 6. The summed E-state index contributed by atoms with van der Waals surface area (Å²) in [4.78, 5) is 4.34. The van der Waals surface area contributed by atoms with Crippen LogP contribution in [0.25, 0.3) is 0 Å². The van der Waals surface area contributed by atoms with Gasteiger partial charge in [0.05, 0.1) is 6.54 Å². The van der Waals surface area contributed by atoms with E-state index in [1.807, 2.05) is 0 Å². The maximum Gasteiger partial charge on any atom is 0.105 e. The Kier molecular flexibility index (Phi) is 5.66. The molecule has 13 heavy (non-hydrogen) atoms. The van der Waals surface area contributed by atoms with Crippen molar-refractivity contribution >= 4 is 5.84 Å². The second kappa shape index (κ2) is 5.94. The van der Waals surface area contributed by atoms with Crippen molar-refractivity contribution < 1.29 is 0 Å². The van der Waals surface area contributed by atoms with Crippen LogP contribution in [0, 0.1) is 5.41 Å². The first-order valence-corrected chi connectivity index (χ1v) is 4.69. The topological polar surface area (TPSA) is 56.4 Å². The first-order valence-electron chi connectivity index (χ1n) is 4.69. The smallest absolute Gasteiger partial charge is 0.105 e. The third-order valence-electron chi connectivity index (χ3n) is 2.03. The maximum absolute atomic E-state index is 7.23. The van der Waals surface area contributed by atoms with Crippen molar-refractivity contribution in [3.05, 3.63) is 0 Å². The minimum Gasteiger partial charge on any atom is -0.387 e. The molecule has 0 rings (SSSR count). The quantitative estimate of drug-likeness (QED) is 0.460. The normalized spacial score (nSPS) is 13.7. The van der Waals surface area contributed by atoms with E-state index in [0.717, 1.165) is 13.1 Å². The minimum absolute atomic E-state index is 0.243. The van der Waals surface area contributed by atoms with Crippen molar-refractivity contribution in [3.63, 3.8) is 0 Å². The largest absolute Gasteiger partial charge is 0.387 e. The van der Waals surface area contributed by atoms with Crippen molar-refractivity contribution in [3.8, 4) is 0 Å². The third-order valence-corrected chi connectivity index (χ3v) is 2.03. The molecule has 0 amide bonds. The summed E-state index contributed by atoms with van der Waals surface area (Å²) in [6, 6.07) is 0.448. The Morgan fingerprint density at radius 3 is 2.31 bits per heavy atom. The van der Waals surface area contributed by atoms with E-state index in [1.165, 1.54) is 0 Å². The van der Waals surface area contributed by atoms with Crippen LogP contribution < -0.4 is 5.73 Å². The Hall–Kier alpha value is -0.610. The molecule has 0 aromatic heterocycles. The molecule has 3 N–H and O–H groups in total. The van der Waals surface area contributed by atoms with Gasteiger partial charge in [-0.25, -0.2) is 0 Å². The lowest BCUT2D eigenvalue weighted by atomic mass is 10.2. The summed E-state index contributed by atoms with van der Waals surface area (Å²) in [6.45, 7) is 6.77. The van der Waals surface area contributed by atoms with Crippen LogP contribution in [-0.4, -0.2) is 55.4 Å². The number of amidine groups is 1. The predicted octanol–water partition coefficient (Wildman–Crippen LogP) is 0.194. The predicted molar refractivity (Wildman–Crippen MR) is 57.2 cm³/mol. The summed E-state index contributed by atoms with van der Waals surface area (Å²) in [7, 11) is 4.11. The number of likely N-dealkylation sites (N-methyl/N-ethyl adjacent to an activating group) is 2. The van der Waals surface area contributed by atoms with Gasteiger partial charge in [-0.3, -0.25) is 10.3 Å². The van der Waals surface area contributed by atoms with E-state index in [4.69, 9.17) is 11.1 Å². The maximum atomic E-state index is 7.23. The van der Waals surface area contributed by atoms with Crippen molar-refractivity contribution in [1.29, 1.82) is 5.41 Å². The van der Waals surface area contributed by atoms with Gasteiger partial charge in [-0.05, 0) is 27.6 Å². The van der Waals surface area contributed by atoms with Gasteiger partial charge in [0.2, 0.25) is 0 Å². The van der Waals surface area contributed by atoms with E-state index < -0.39 is 0 Å². The van der Waals surface area contributed by atoms with Gasteiger partial charge in [-0.15, -0.1) is 0 Å². The molecule has 0 aromatic rings. The van der Waals surface area contributed by atoms with Crippen molar-refractivity contribution in [2.75, 3.05) is 33.7 Å². The van der Waals surface area contributed by atoms with E-state index in [1.54, 1.807) is 0 Å². The second-order valence-corrected chi connectivity index (χ2v) is 3.70. The molecule has 0 saturated heterocycles. The Labute approximate surface area is 81.2 Å². The van der Waals surface area contributed by atoms with E-state index in [9.17, 15) is 0 Å². The highest BCUT2D eigenvalue weighted by atomic mass is 15.2. The number of nitrogens with two attached hydrogens (primary N) is 1. The third kappa shape index (κ3) is 5.60. The van der Waals surface area contributed by atoms with Gasteiger partial charge in [-0.1, -0.05) is 6.92 Å². The molecule has 0 heterocycles. The average Bonchev–Trinajstić information content (AvgIpc) is 1.98. The zero-order valence-corrected chi connectivity index (χ0v) is 9.17. The highest BCUT2D eigenvalue weighted by Gasteiger charge is 2.12. The minimum atomic E-state index is 0.243. The van der Waals surface area contributed by atoms with Gasteiger partial charge in [0.25, 0.3) is 0 Å². The van der Waals surface area contributed by atoms with Crippen LogP contribution in [-0.2, 0) is 0 Å². The summed E-state index contributed by atoms with van der Waals surface area (Å²) in [5.74, 6) is 0.243. The zero-order chi connectivity index (χ0) is 10.4. The molecule has 1 unspecified atom stereocenters. The summed E-state index contributed by atoms with van der Waals surface area (Å²) in [5.41, 5.74) is 5.37. The van der Waals surface area contributed by atoms with Crippen LogP contribution in [0.3, 0.4) is 0 Å². The van der Waals surface area contributed by atoms with E-state index >= 15 is 0 Å². The Bertz CT molecular complexity index is 156. The lowest BCUT2D eigenvalue weighted by molar-refractivity contribution is 0.203.